The number of hydrogen-bond donors (Lipinski definition) is 1. The molecule has 0 heterocycles. The molecule has 0 saturated carbocycles. The van der Waals surface area contributed by atoms with Gasteiger partial charge in [-0.15, -0.1) is 0 Å². The summed E-state index contributed by atoms with van der Waals surface area (Å²) in [6.45, 7) is 6.18. The highest BCUT2D eigenvalue weighted by atomic mass is 79.9. The molecule has 0 aliphatic heterocycles. The smallest absolute Gasteiger partial charge is 0.0708 e. The van der Waals surface area contributed by atoms with Crippen molar-refractivity contribution in [3.63, 3.8) is 0 Å². The predicted molar refractivity (Wildman–Crippen MR) is 67.9 cm³/mol. The Labute approximate surface area is 101 Å². The van der Waals surface area contributed by atoms with Gasteiger partial charge in [-0.2, -0.15) is 0 Å². The summed E-state index contributed by atoms with van der Waals surface area (Å²) in [6, 6.07) is 8.15. The van der Waals surface area contributed by atoms with Gasteiger partial charge in [0.1, 0.15) is 0 Å². The lowest BCUT2D eigenvalue weighted by atomic mass is 9.82. The van der Waals surface area contributed by atoms with Crippen molar-refractivity contribution in [1.82, 2.24) is 0 Å². The Kier molecular flexibility index (Phi) is 4.35. The molecule has 1 aromatic rings. The quantitative estimate of drug-likeness (QED) is 0.883. The van der Waals surface area contributed by atoms with E-state index in [-0.39, 0.29) is 5.92 Å². The third-order valence-electron chi connectivity index (χ3n) is 3.09. The molecule has 0 amide bonds. The molecule has 15 heavy (non-hydrogen) atoms. The molecule has 1 unspecified atom stereocenters. The Balaban J connectivity index is 2.84. The first-order valence-electron chi connectivity index (χ1n) is 5.45. The van der Waals surface area contributed by atoms with Crippen LogP contribution in [0.4, 0.5) is 0 Å². The molecule has 0 bridgehead atoms. The van der Waals surface area contributed by atoms with Crippen molar-refractivity contribution >= 4 is 15.9 Å². The van der Waals surface area contributed by atoms with Gasteiger partial charge in [0.15, 0.2) is 0 Å². The van der Waals surface area contributed by atoms with Gasteiger partial charge in [-0.05, 0) is 30.0 Å². The van der Waals surface area contributed by atoms with Crippen LogP contribution in [-0.4, -0.2) is 10.7 Å². The van der Waals surface area contributed by atoms with Gasteiger partial charge in [0.25, 0.3) is 0 Å². The summed E-state index contributed by atoms with van der Waals surface area (Å²) in [5.74, 6) is 0.279. The Bertz CT molecular complexity index is 322. The topological polar surface area (TPSA) is 20.2 Å². The van der Waals surface area contributed by atoms with Crippen LogP contribution < -0.4 is 0 Å². The summed E-state index contributed by atoms with van der Waals surface area (Å²) in [4.78, 5) is 0. The third-order valence-corrected chi connectivity index (χ3v) is 3.58. The molecule has 0 aliphatic carbocycles. The second kappa shape index (κ2) is 5.13. The van der Waals surface area contributed by atoms with Crippen molar-refractivity contribution in [2.24, 2.45) is 5.92 Å². The molecule has 0 fully saturated rings. The molecule has 1 rings (SSSR count). The van der Waals surface area contributed by atoms with Crippen LogP contribution >= 0.6 is 15.9 Å². The van der Waals surface area contributed by atoms with E-state index in [1.807, 2.05) is 19.1 Å². The highest BCUT2D eigenvalue weighted by Gasteiger charge is 2.28. The Morgan fingerprint density at radius 2 is 2.07 bits per heavy atom. The van der Waals surface area contributed by atoms with Gasteiger partial charge in [0, 0.05) is 10.9 Å². The van der Waals surface area contributed by atoms with Crippen molar-refractivity contribution in [2.75, 3.05) is 0 Å². The van der Waals surface area contributed by atoms with Crippen molar-refractivity contribution < 1.29 is 5.11 Å². The number of rotatable bonds is 4. The Morgan fingerprint density at radius 1 is 1.40 bits per heavy atom. The van der Waals surface area contributed by atoms with E-state index in [9.17, 15) is 5.11 Å². The van der Waals surface area contributed by atoms with Crippen LogP contribution in [0.5, 0.6) is 0 Å². The van der Waals surface area contributed by atoms with E-state index in [0.717, 1.165) is 17.3 Å². The molecular weight excluding hydrogens is 252 g/mol. The van der Waals surface area contributed by atoms with Crippen molar-refractivity contribution in [2.45, 2.75) is 39.2 Å². The molecule has 1 atom stereocenters. The van der Waals surface area contributed by atoms with Crippen LogP contribution in [0.1, 0.15) is 32.8 Å². The molecule has 84 valence electrons. The summed E-state index contributed by atoms with van der Waals surface area (Å²) >= 11 is 3.45. The predicted octanol–water partition coefficient (Wildman–Crippen LogP) is 3.79. The minimum atomic E-state index is -0.583. The summed E-state index contributed by atoms with van der Waals surface area (Å²) in [6.07, 6.45) is 1.51. The zero-order valence-electron chi connectivity index (χ0n) is 9.63. The highest BCUT2D eigenvalue weighted by Crippen LogP contribution is 2.26. The summed E-state index contributed by atoms with van der Waals surface area (Å²) < 4.78 is 1.07. The molecule has 0 spiro atoms. The van der Waals surface area contributed by atoms with E-state index in [1.165, 1.54) is 5.56 Å². The number of halogens is 1. The fourth-order valence-corrected chi connectivity index (χ4v) is 2.18. The molecular formula is C13H19BrO. The van der Waals surface area contributed by atoms with E-state index >= 15 is 0 Å². The van der Waals surface area contributed by atoms with Crippen LogP contribution in [0, 0.1) is 5.92 Å². The van der Waals surface area contributed by atoms with Crippen molar-refractivity contribution in [1.29, 1.82) is 0 Å². The zero-order chi connectivity index (χ0) is 11.5. The fourth-order valence-electron chi connectivity index (χ4n) is 1.74. The highest BCUT2D eigenvalue weighted by molar-refractivity contribution is 9.10. The minimum Gasteiger partial charge on any atom is -0.389 e. The molecule has 1 N–H and O–H groups in total. The van der Waals surface area contributed by atoms with E-state index in [1.54, 1.807) is 0 Å². The van der Waals surface area contributed by atoms with E-state index in [2.05, 4.69) is 41.9 Å². The lowest BCUT2D eigenvalue weighted by Gasteiger charge is -2.31. The van der Waals surface area contributed by atoms with Gasteiger partial charge in [-0.25, -0.2) is 0 Å². The normalized spacial score (nSPS) is 15.3. The van der Waals surface area contributed by atoms with E-state index in [4.69, 9.17) is 0 Å². The van der Waals surface area contributed by atoms with Crippen LogP contribution in [0.15, 0.2) is 28.7 Å². The molecule has 0 aromatic heterocycles. The molecule has 1 nitrogen and oxygen atoms in total. The summed E-state index contributed by atoms with van der Waals surface area (Å²) in [7, 11) is 0. The van der Waals surface area contributed by atoms with Crippen molar-refractivity contribution in [3.8, 4) is 0 Å². The van der Waals surface area contributed by atoms with Crippen LogP contribution in [0.25, 0.3) is 0 Å². The van der Waals surface area contributed by atoms with E-state index in [0.29, 0.717) is 0 Å². The average molecular weight is 271 g/mol. The lowest BCUT2D eigenvalue weighted by Crippen LogP contribution is -2.36. The van der Waals surface area contributed by atoms with Crippen LogP contribution in [0.2, 0.25) is 0 Å². The maximum Gasteiger partial charge on any atom is 0.0708 e. The maximum atomic E-state index is 10.4. The molecule has 1 aromatic carbocycles. The third kappa shape index (κ3) is 3.32. The minimum absolute atomic E-state index is 0.279. The fraction of sp³-hybridized carbons (Fsp3) is 0.538. The largest absolute Gasteiger partial charge is 0.389 e. The average Bonchev–Trinajstić information content (AvgIpc) is 2.17. The second-order valence-electron chi connectivity index (χ2n) is 4.42. The van der Waals surface area contributed by atoms with Gasteiger partial charge >= 0.3 is 0 Å². The summed E-state index contributed by atoms with van der Waals surface area (Å²) in [5.41, 5.74) is 0.600. The van der Waals surface area contributed by atoms with Gasteiger partial charge in [-0.3, -0.25) is 0 Å². The molecule has 0 aliphatic rings. The SMILES string of the molecule is CCC(O)(Cc1cccc(Br)c1)C(C)C. The Morgan fingerprint density at radius 3 is 2.53 bits per heavy atom. The number of aliphatic hydroxyl groups is 1. The first-order chi connectivity index (χ1) is 6.98. The van der Waals surface area contributed by atoms with Gasteiger partial charge in [0.2, 0.25) is 0 Å². The monoisotopic (exact) mass is 270 g/mol. The maximum absolute atomic E-state index is 10.4. The Hall–Kier alpha value is -0.340. The van der Waals surface area contributed by atoms with Crippen LogP contribution in [-0.2, 0) is 6.42 Å². The second-order valence-corrected chi connectivity index (χ2v) is 5.33. The first-order valence-corrected chi connectivity index (χ1v) is 6.24. The first kappa shape index (κ1) is 12.7. The van der Waals surface area contributed by atoms with Gasteiger partial charge in [0.05, 0.1) is 5.60 Å². The van der Waals surface area contributed by atoms with Crippen LogP contribution in [0.3, 0.4) is 0 Å². The lowest BCUT2D eigenvalue weighted by molar-refractivity contribution is -0.00829. The van der Waals surface area contributed by atoms with Gasteiger partial charge in [-0.1, -0.05) is 48.8 Å². The zero-order valence-corrected chi connectivity index (χ0v) is 11.2. The molecule has 0 saturated heterocycles. The molecule has 0 radical (unpaired) electrons. The molecule has 2 heteroatoms. The standard InChI is InChI=1S/C13H19BrO/c1-4-13(15,10(2)3)9-11-6-5-7-12(14)8-11/h5-8,10,15H,4,9H2,1-3H3. The van der Waals surface area contributed by atoms with E-state index < -0.39 is 5.60 Å². The number of hydrogen-bond acceptors (Lipinski definition) is 1. The summed E-state index contributed by atoms with van der Waals surface area (Å²) in [5, 5.41) is 10.4. The number of benzene rings is 1. The van der Waals surface area contributed by atoms with Gasteiger partial charge < -0.3 is 5.11 Å². The van der Waals surface area contributed by atoms with Crippen molar-refractivity contribution in [3.05, 3.63) is 34.3 Å².